The number of nitrogens with zero attached hydrogens (tertiary/aromatic N) is 1. The second-order valence-electron chi connectivity index (χ2n) is 4.63. The van der Waals surface area contributed by atoms with Gasteiger partial charge in [0.25, 0.3) is 0 Å². The highest BCUT2D eigenvalue weighted by atomic mass is 16.2. The van der Waals surface area contributed by atoms with Gasteiger partial charge in [0.15, 0.2) is 0 Å². The fourth-order valence-corrected chi connectivity index (χ4v) is 2.76. The molecule has 0 aromatic rings. The highest BCUT2D eigenvalue weighted by molar-refractivity contribution is 5.80. The molecule has 74 valence electrons. The summed E-state index contributed by atoms with van der Waals surface area (Å²) in [4.78, 5) is 13.5. The molecule has 1 unspecified atom stereocenters. The predicted molar refractivity (Wildman–Crippen MR) is 52.3 cm³/mol. The van der Waals surface area contributed by atoms with Gasteiger partial charge < -0.3 is 4.90 Å². The number of likely N-dealkylation sites (tertiary alicyclic amines) is 1. The Labute approximate surface area is 80.3 Å². The minimum atomic E-state index is 0.369. The monoisotopic (exact) mass is 181 g/mol. The summed E-state index contributed by atoms with van der Waals surface area (Å²) in [5, 5.41) is 0. The van der Waals surface area contributed by atoms with Gasteiger partial charge >= 0.3 is 0 Å². The third kappa shape index (κ3) is 1.87. The maximum Gasteiger partial charge on any atom is 0.225 e. The van der Waals surface area contributed by atoms with Crippen LogP contribution in [0.3, 0.4) is 0 Å². The third-order valence-electron chi connectivity index (χ3n) is 3.63. The number of carbonyl (C=O) groups is 1. The molecule has 1 aliphatic carbocycles. The molecule has 13 heavy (non-hydrogen) atoms. The van der Waals surface area contributed by atoms with Crippen LogP contribution in [-0.4, -0.2) is 24.4 Å². The van der Waals surface area contributed by atoms with Crippen LogP contribution in [0.2, 0.25) is 0 Å². The van der Waals surface area contributed by atoms with Crippen molar-refractivity contribution in [1.82, 2.24) is 4.90 Å². The molecule has 0 aromatic heterocycles. The fourth-order valence-electron chi connectivity index (χ4n) is 2.76. The summed E-state index contributed by atoms with van der Waals surface area (Å²) < 4.78 is 0. The van der Waals surface area contributed by atoms with Crippen molar-refractivity contribution in [3.05, 3.63) is 0 Å². The van der Waals surface area contributed by atoms with Crippen molar-refractivity contribution in [3.8, 4) is 0 Å². The average molecular weight is 181 g/mol. The number of rotatable bonds is 2. The second kappa shape index (κ2) is 3.69. The molecule has 0 spiro atoms. The van der Waals surface area contributed by atoms with Gasteiger partial charge in [-0.25, -0.2) is 0 Å². The molecule has 2 fully saturated rings. The lowest BCUT2D eigenvalue weighted by atomic mass is 9.92. The minimum absolute atomic E-state index is 0.369. The van der Waals surface area contributed by atoms with Crippen molar-refractivity contribution in [2.24, 2.45) is 11.8 Å². The van der Waals surface area contributed by atoms with E-state index in [4.69, 9.17) is 0 Å². The third-order valence-corrected chi connectivity index (χ3v) is 3.63. The minimum Gasteiger partial charge on any atom is -0.345 e. The van der Waals surface area contributed by atoms with Gasteiger partial charge in [-0.1, -0.05) is 25.7 Å². The van der Waals surface area contributed by atoms with E-state index in [1.165, 1.54) is 32.1 Å². The Balaban J connectivity index is 1.84. The van der Waals surface area contributed by atoms with E-state index in [2.05, 4.69) is 0 Å². The van der Waals surface area contributed by atoms with Crippen molar-refractivity contribution in [3.63, 3.8) is 0 Å². The molecule has 0 N–H and O–H groups in total. The van der Waals surface area contributed by atoms with Crippen LogP contribution < -0.4 is 0 Å². The Morgan fingerprint density at radius 2 is 2.00 bits per heavy atom. The molecule has 1 aliphatic heterocycles. The average Bonchev–Trinajstić information content (AvgIpc) is 2.71. The van der Waals surface area contributed by atoms with Crippen LogP contribution in [0.1, 0.15) is 38.5 Å². The fraction of sp³-hybridized carbons (Fsp3) is 0.909. The lowest BCUT2D eigenvalue weighted by molar-refractivity contribution is -0.130. The van der Waals surface area contributed by atoms with Crippen molar-refractivity contribution in [2.75, 3.05) is 13.6 Å². The van der Waals surface area contributed by atoms with Gasteiger partial charge in [0.2, 0.25) is 5.91 Å². The van der Waals surface area contributed by atoms with Crippen molar-refractivity contribution in [2.45, 2.75) is 38.5 Å². The second-order valence-corrected chi connectivity index (χ2v) is 4.63. The lowest BCUT2D eigenvalue weighted by Gasteiger charge is -2.14. The summed E-state index contributed by atoms with van der Waals surface area (Å²) >= 11 is 0. The maximum atomic E-state index is 11.6. The van der Waals surface area contributed by atoms with Gasteiger partial charge in [-0.05, 0) is 18.8 Å². The molecule has 2 heteroatoms. The molecular weight excluding hydrogens is 162 g/mol. The van der Waals surface area contributed by atoms with E-state index in [1.807, 2.05) is 11.9 Å². The van der Waals surface area contributed by atoms with E-state index in [0.717, 1.165) is 18.9 Å². The van der Waals surface area contributed by atoms with Crippen molar-refractivity contribution < 1.29 is 4.79 Å². The van der Waals surface area contributed by atoms with Crippen LogP contribution >= 0.6 is 0 Å². The van der Waals surface area contributed by atoms with Crippen LogP contribution in [0.4, 0.5) is 0 Å². The number of hydrogen-bond acceptors (Lipinski definition) is 1. The van der Waals surface area contributed by atoms with E-state index < -0.39 is 0 Å². The topological polar surface area (TPSA) is 20.3 Å². The number of amides is 1. The summed E-state index contributed by atoms with van der Waals surface area (Å²) in [6.45, 7) is 0.982. The van der Waals surface area contributed by atoms with Crippen LogP contribution in [0.5, 0.6) is 0 Å². The van der Waals surface area contributed by atoms with Gasteiger partial charge in [0.1, 0.15) is 0 Å². The van der Waals surface area contributed by atoms with E-state index >= 15 is 0 Å². The Kier molecular flexibility index (Phi) is 2.56. The first-order valence-electron chi connectivity index (χ1n) is 5.52. The smallest absolute Gasteiger partial charge is 0.225 e. The summed E-state index contributed by atoms with van der Waals surface area (Å²) in [5.74, 6) is 1.63. The molecule has 1 atom stereocenters. The summed E-state index contributed by atoms with van der Waals surface area (Å²) in [6.07, 6.45) is 7.79. The molecule has 1 saturated heterocycles. The summed E-state index contributed by atoms with van der Waals surface area (Å²) in [5.41, 5.74) is 0. The Morgan fingerprint density at radius 1 is 1.31 bits per heavy atom. The molecular formula is C11H19NO. The first kappa shape index (κ1) is 9.04. The Morgan fingerprint density at radius 3 is 2.54 bits per heavy atom. The highest BCUT2D eigenvalue weighted by Gasteiger charge is 2.31. The SMILES string of the molecule is CN1CCC(CC2CCCC2)C1=O. The lowest BCUT2D eigenvalue weighted by Crippen LogP contribution is -2.23. The Bertz CT molecular complexity index is 196. The quantitative estimate of drug-likeness (QED) is 0.638. The zero-order valence-corrected chi connectivity index (χ0v) is 8.46. The van der Waals surface area contributed by atoms with Gasteiger partial charge in [-0.3, -0.25) is 4.79 Å². The van der Waals surface area contributed by atoms with Gasteiger partial charge in [-0.15, -0.1) is 0 Å². The van der Waals surface area contributed by atoms with Gasteiger partial charge in [-0.2, -0.15) is 0 Å². The molecule has 2 aliphatic rings. The number of carbonyl (C=O) groups excluding carboxylic acids is 1. The zero-order valence-electron chi connectivity index (χ0n) is 8.46. The van der Waals surface area contributed by atoms with Gasteiger partial charge in [0, 0.05) is 19.5 Å². The first-order chi connectivity index (χ1) is 6.27. The van der Waals surface area contributed by atoms with Crippen LogP contribution in [0, 0.1) is 11.8 Å². The molecule has 0 radical (unpaired) electrons. The molecule has 2 nitrogen and oxygen atoms in total. The van der Waals surface area contributed by atoms with E-state index in [1.54, 1.807) is 0 Å². The van der Waals surface area contributed by atoms with E-state index in [-0.39, 0.29) is 0 Å². The van der Waals surface area contributed by atoms with Crippen molar-refractivity contribution >= 4 is 5.91 Å². The summed E-state index contributed by atoms with van der Waals surface area (Å²) in [7, 11) is 1.93. The van der Waals surface area contributed by atoms with Crippen molar-refractivity contribution in [1.29, 1.82) is 0 Å². The largest absolute Gasteiger partial charge is 0.345 e. The zero-order chi connectivity index (χ0) is 9.26. The molecule has 1 amide bonds. The molecule has 1 saturated carbocycles. The highest BCUT2D eigenvalue weighted by Crippen LogP contribution is 2.33. The molecule has 0 bridgehead atoms. The van der Waals surface area contributed by atoms with Crippen LogP contribution in [-0.2, 0) is 4.79 Å². The van der Waals surface area contributed by atoms with Gasteiger partial charge in [0.05, 0.1) is 0 Å². The normalized spacial score (nSPS) is 30.4. The van der Waals surface area contributed by atoms with E-state index in [9.17, 15) is 4.79 Å². The standard InChI is InChI=1S/C11H19NO/c1-12-7-6-10(11(12)13)8-9-4-2-3-5-9/h9-10H,2-8H2,1H3. The molecule has 1 heterocycles. The van der Waals surface area contributed by atoms with Crippen LogP contribution in [0.25, 0.3) is 0 Å². The van der Waals surface area contributed by atoms with E-state index in [0.29, 0.717) is 11.8 Å². The first-order valence-corrected chi connectivity index (χ1v) is 5.52. The Hall–Kier alpha value is -0.530. The number of hydrogen-bond donors (Lipinski definition) is 0. The molecule has 0 aromatic carbocycles. The predicted octanol–water partition coefficient (Wildman–Crippen LogP) is 2.04. The van der Waals surface area contributed by atoms with Crippen LogP contribution in [0.15, 0.2) is 0 Å². The summed E-state index contributed by atoms with van der Waals surface area (Å²) in [6, 6.07) is 0. The molecule has 2 rings (SSSR count). The maximum absolute atomic E-state index is 11.6.